The first-order chi connectivity index (χ1) is 16.5. The fraction of sp³-hybridized carbons (Fsp3) is 0.148. The summed E-state index contributed by atoms with van der Waals surface area (Å²) in [5.41, 5.74) is 6.03. The quantitative estimate of drug-likeness (QED) is 0.322. The Balaban J connectivity index is 1.60. The van der Waals surface area contributed by atoms with Crippen LogP contribution in [-0.4, -0.2) is 20.2 Å². The van der Waals surface area contributed by atoms with Gasteiger partial charge in [-0.25, -0.2) is 0 Å². The summed E-state index contributed by atoms with van der Waals surface area (Å²) in [5, 5.41) is 9.04. The zero-order chi connectivity index (χ0) is 23.7. The van der Waals surface area contributed by atoms with Gasteiger partial charge < -0.3 is 14.7 Å². The van der Waals surface area contributed by atoms with Gasteiger partial charge >= 0.3 is 0 Å². The number of thiocarbonyl (C=S) groups is 1. The molecule has 1 aliphatic rings. The minimum absolute atomic E-state index is 0.274. The van der Waals surface area contributed by atoms with E-state index in [-0.39, 0.29) is 6.04 Å². The van der Waals surface area contributed by atoms with E-state index in [1.807, 2.05) is 80.6 Å². The summed E-state index contributed by atoms with van der Waals surface area (Å²) in [7, 11) is 0. The number of allylic oxidation sites excluding steroid dienone is 1. The molecular formula is C27H23ClN4OS. The van der Waals surface area contributed by atoms with E-state index in [1.165, 1.54) is 5.56 Å². The normalized spacial score (nSPS) is 16.0. The van der Waals surface area contributed by atoms with Crippen LogP contribution in [-0.2, 0) is 6.54 Å². The molecule has 0 fully saturated rings. The largest absolute Gasteiger partial charge is 0.351 e. The van der Waals surface area contributed by atoms with Gasteiger partial charge in [-0.2, -0.15) is 4.98 Å². The van der Waals surface area contributed by atoms with Crippen molar-refractivity contribution in [2.45, 2.75) is 26.4 Å². The number of aryl methyl sites for hydroxylation is 1. The first-order valence-corrected chi connectivity index (χ1v) is 11.8. The summed E-state index contributed by atoms with van der Waals surface area (Å²) in [5.74, 6) is 0.994. The lowest BCUT2D eigenvalue weighted by Gasteiger charge is -2.37. The third-order valence-corrected chi connectivity index (χ3v) is 6.50. The number of hydrogen-bond donors (Lipinski definition) is 1. The van der Waals surface area contributed by atoms with Crippen LogP contribution >= 0.6 is 23.8 Å². The standard InChI is InChI=1S/C27H23ClN4OS/c1-17-11-13-20(14-12-17)25-30-26(33-31-25)23-18(2)32(16-19-7-4-3-5-8-19)27(34)29-24(23)21-9-6-10-22(28)15-21/h3-15,24H,16H2,1-2H3,(H,29,34). The second-order valence-corrected chi connectivity index (χ2v) is 9.12. The number of rotatable bonds is 5. The molecule has 0 saturated heterocycles. The smallest absolute Gasteiger partial charge is 0.258 e. The van der Waals surface area contributed by atoms with E-state index >= 15 is 0 Å². The molecule has 0 radical (unpaired) electrons. The monoisotopic (exact) mass is 486 g/mol. The van der Waals surface area contributed by atoms with Gasteiger partial charge in [0.15, 0.2) is 5.11 Å². The molecule has 7 heteroatoms. The third kappa shape index (κ3) is 4.47. The van der Waals surface area contributed by atoms with Crippen LogP contribution in [0.15, 0.2) is 89.1 Å². The summed E-state index contributed by atoms with van der Waals surface area (Å²) in [4.78, 5) is 6.84. The topological polar surface area (TPSA) is 54.2 Å². The maximum Gasteiger partial charge on any atom is 0.258 e. The lowest BCUT2D eigenvalue weighted by Crippen LogP contribution is -2.45. The van der Waals surface area contributed by atoms with Crippen LogP contribution in [0, 0.1) is 6.92 Å². The van der Waals surface area contributed by atoms with Gasteiger partial charge in [0, 0.05) is 22.8 Å². The molecule has 0 amide bonds. The summed E-state index contributed by atoms with van der Waals surface area (Å²) in [6, 6.07) is 25.7. The average molecular weight is 487 g/mol. The minimum Gasteiger partial charge on any atom is -0.351 e. The van der Waals surface area contributed by atoms with Crippen LogP contribution in [0.4, 0.5) is 0 Å². The van der Waals surface area contributed by atoms with Crippen LogP contribution < -0.4 is 5.32 Å². The molecule has 5 rings (SSSR count). The maximum absolute atomic E-state index is 6.32. The molecule has 0 saturated carbocycles. The lowest BCUT2D eigenvalue weighted by molar-refractivity contribution is 0.396. The second-order valence-electron chi connectivity index (χ2n) is 8.30. The first kappa shape index (κ1) is 22.3. The van der Waals surface area contributed by atoms with Crippen molar-refractivity contribution in [2.75, 3.05) is 0 Å². The summed E-state index contributed by atoms with van der Waals surface area (Å²) < 4.78 is 5.81. The van der Waals surface area contributed by atoms with Gasteiger partial charge in [-0.15, -0.1) is 0 Å². The molecule has 3 aromatic carbocycles. The zero-order valence-corrected chi connectivity index (χ0v) is 20.4. The van der Waals surface area contributed by atoms with Crippen LogP contribution in [0.3, 0.4) is 0 Å². The Labute approximate surface area is 209 Å². The summed E-state index contributed by atoms with van der Waals surface area (Å²) >= 11 is 12.1. The Morgan fingerprint density at radius 1 is 1.00 bits per heavy atom. The van der Waals surface area contributed by atoms with Crippen molar-refractivity contribution in [2.24, 2.45) is 0 Å². The zero-order valence-electron chi connectivity index (χ0n) is 18.8. The van der Waals surface area contributed by atoms with E-state index in [0.29, 0.717) is 28.4 Å². The minimum atomic E-state index is -0.274. The Kier molecular flexibility index (Phi) is 6.18. The first-order valence-electron chi connectivity index (χ1n) is 11.0. The van der Waals surface area contributed by atoms with Crippen LogP contribution in [0.5, 0.6) is 0 Å². The van der Waals surface area contributed by atoms with E-state index in [2.05, 4.69) is 27.5 Å². The predicted molar refractivity (Wildman–Crippen MR) is 139 cm³/mol. The van der Waals surface area contributed by atoms with Crippen LogP contribution in [0.1, 0.15) is 35.5 Å². The lowest BCUT2D eigenvalue weighted by atomic mass is 9.94. The van der Waals surface area contributed by atoms with E-state index < -0.39 is 0 Å². The van der Waals surface area contributed by atoms with Gasteiger partial charge in [0.2, 0.25) is 5.82 Å². The highest BCUT2D eigenvalue weighted by molar-refractivity contribution is 7.80. The van der Waals surface area contributed by atoms with Gasteiger partial charge in [0.1, 0.15) is 0 Å². The van der Waals surface area contributed by atoms with Gasteiger partial charge in [-0.05, 0) is 49.3 Å². The molecule has 4 aromatic rings. The van der Waals surface area contributed by atoms with E-state index in [1.54, 1.807) is 0 Å². The van der Waals surface area contributed by atoms with Crippen LogP contribution in [0.2, 0.25) is 5.02 Å². The summed E-state index contributed by atoms with van der Waals surface area (Å²) in [6.45, 7) is 4.72. The molecule has 1 unspecified atom stereocenters. The predicted octanol–water partition coefficient (Wildman–Crippen LogP) is 6.56. The highest BCUT2D eigenvalue weighted by atomic mass is 35.5. The number of hydrogen-bond acceptors (Lipinski definition) is 4. The van der Waals surface area contributed by atoms with Gasteiger partial charge in [0.05, 0.1) is 11.6 Å². The number of benzene rings is 3. The molecular weight excluding hydrogens is 464 g/mol. The average Bonchev–Trinajstić information content (AvgIpc) is 3.32. The number of halogens is 1. The second kappa shape index (κ2) is 9.41. The van der Waals surface area contributed by atoms with Gasteiger partial charge in [-0.1, -0.05) is 89.1 Å². The fourth-order valence-electron chi connectivity index (χ4n) is 4.10. The number of nitrogens with zero attached hydrogens (tertiary/aromatic N) is 3. The van der Waals surface area contributed by atoms with Crippen molar-refractivity contribution in [1.82, 2.24) is 20.4 Å². The third-order valence-electron chi connectivity index (χ3n) is 5.93. The molecule has 34 heavy (non-hydrogen) atoms. The maximum atomic E-state index is 6.32. The highest BCUT2D eigenvalue weighted by Gasteiger charge is 2.34. The molecule has 1 atom stereocenters. The molecule has 0 spiro atoms. The van der Waals surface area contributed by atoms with Crippen molar-refractivity contribution in [3.8, 4) is 11.4 Å². The van der Waals surface area contributed by atoms with Crippen molar-refractivity contribution >= 4 is 34.5 Å². The Morgan fingerprint density at radius 2 is 1.76 bits per heavy atom. The van der Waals surface area contributed by atoms with Gasteiger partial charge in [0.25, 0.3) is 5.89 Å². The van der Waals surface area contributed by atoms with Crippen molar-refractivity contribution in [1.29, 1.82) is 0 Å². The Hall–Kier alpha value is -3.48. The molecule has 2 heterocycles. The van der Waals surface area contributed by atoms with Gasteiger partial charge in [-0.3, -0.25) is 0 Å². The van der Waals surface area contributed by atoms with E-state index in [4.69, 9.17) is 33.3 Å². The molecule has 1 aliphatic heterocycles. The Bertz CT molecular complexity index is 1360. The summed E-state index contributed by atoms with van der Waals surface area (Å²) in [6.07, 6.45) is 0. The molecule has 0 aliphatic carbocycles. The van der Waals surface area contributed by atoms with Crippen molar-refractivity contribution < 1.29 is 4.52 Å². The Morgan fingerprint density at radius 3 is 2.50 bits per heavy atom. The van der Waals surface area contributed by atoms with E-state index in [0.717, 1.165) is 28.0 Å². The van der Waals surface area contributed by atoms with E-state index in [9.17, 15) is 0 Å². The van der Waals surface area contributed by atoms with Crippen LogP contribution in [0.25, 0.3) is 17.0 Å². The highest BCUT2D eigenvalue weighted by Crippen LogP contribution is 2.38. The van der Waals surface area contributed by atoms with Crippen molar-refractivity contribution in [3.05, 3.63) is 112 Å². The fourth-order valence-corrected chi connectivity index (χ4v) is 4.62. The molecule has 1 N–H and O–H groups in total. The number of nitrogens with one attached hydrogen (secondary N) is 1. The molecule has 5 nitrogen and oxygen atoms in total. The SMILES string of the molecule is CC1=C(c2nc(-c3ccc(C)cc3)no2)C(c2cccc(Cl)c2)NC(=S)N1Cc1ccccc1. The molecule has 0 bridgehead atoms. The molecule has 170 valence electrons. The van der Waals surface area contributed by atoms with Crippen molar-refractivity contribution in [3.63, 3.8) is 0 Å². The number of aromatic nitrogens is 2. The molecule has 1 aromatic heterocycles.